The maximum absolute atomic E-state index is 6.50. The Morgan fingerprint density at radius 3 is 1.36 bits per heavy atom. The lowest BCUT2D eigenvalue weighted by Gasteiger charge is -2.05. The van der Waals surface area contributed by atoms with Crippen molar-refractivity contribution >= 4 is 82.9 Å². The smallest absolute Gasteiger partial charge is 0.261 e. The summed E-state index contributed by atoms with van der Waals surface area (Å²) in [5.41, 5.74) is 10.6. The number of hydrogen-bond donors (Lipinski definition) is 0. The molecule has 0 saturated heterocycles. The Kier molecular flexibility index (Phi) is 6.94. The molecule has 0 amide bonds. The van der Waals surface area contributed by atoms with Gasteiger partial charge in [-0.25, -0.2) is 0 Å². The number of nitrogens with zero attached hydrogens (tertiary/aromatic N) is 11. The van der Waals surface area contributed by atoms with Gasteiger partial charge in [0.15, 0.2) is 5.82 Å². The van der Waals surface area contributed by atoms with Crippen LogP contribution >= 0.6 is 0 Å². The van der Waals surface area contributed by atoms with E-state index in [1.165, 1.54) is 0 Å². The number of hydrogen-bond acceptors (Lipinski definition) is 7. The fourth-order valence-corrected chi connectivity index (χ4v) is 10.1. The summed E-state index contributed by atoms with van der Waals surface area (Å²) >= 11 is 0. The molecule has 0 aliphatic carbocycles. The zero-order chi connectivity index (χ0) is 43.0. The second-order valence-corrected chi connectivity index (χ2v) is 16.5. The van der Waals surface area contributed by atoms with Crippen LogP contribution < -0.4 is 0 Å². The van der Waals surface area contributed by atoms with E-state index in [1.807, 2.05) is 54.6 Å². The van der Waals surface area contributed by atoms with Crippen molar-refractivity contribution in [3.8, 4) is 45.5 Å². The molecular weight excluding hydrogens is 819 g/mol. The molecule has 0 atom stereocenters. The minimum absolute atomic E-state index is 0.414. The molecule has 12 nitrogen and oxygen atoms in total. The highest BCUT2D eigenvalue weighted by atomic mass is 16.3. The fourth-order valence-electron chi connectivity index (χ4n) is 10.1. The molecule has 7 heterocycles. The predicted molar refractivity (Wildman–Crippen MR) is 258 cm³/mol. The SMILES string of the molecule is c1ccc(-c2cccc3c2c2ccccc2n3-c2nc3n(n2)c2nc(-c4cccc5c4oc4ccccc45)nn2c2nc(-n4c5ccccc5c5c(-c6ccccc6)cccc54)nn23)cc1. The summed E-state index contributed by atoms with van der Waals surface area (Å²) in [5, 5.41) is 22.2. The van der Waals surface area contributed by atoms with E-state index in [-0.39, 0.29) is 0 Å². The third-order valence-electron chi connectivity index (χ3n) is 12.9. The van der Waals surface area contributed by atoms with Gasteiger partial charge in [0.2, 0.25) is 0 Å². The van der Waals surface area contributed by atoms with Crippen molar-refractivity contribution in [1.29, 1.82) is 0 Å². The second kappa shape index (κ2) is 13.1. The lowest BCUT2D eigenvalue weighted by Crippen LogP contribution is -2.06. The summed E-state index contributed by atoms with van der Waals surface area (Å²) in [6.07, 6.45) is 0. The van der Waals surface area contributed by atoms with Gasteiger partial charge in [-0.1, -0.05) is 152 Å². The Morgan fingerprint density at radius 2 is 0.773 bits per heavy atom. The van der Waals surface area contributed by atoms with E-state index in [1.54, 1.807) is 13.5 Å². The van der Waals surface area contributed by atoms with Crippen LogP contribution in [0.5, 0.6) is 0 Å². The molecular formula is C54H31N11O. The lowest BCUT2D eigenvalue weighted by molar-refractivity contribution is 0.669. The van der Waals surface area contributed by atoms with Crippen LogP contribution in [0.3, 0.4) is 0 Å². The van der Waals surface area contributed by atoms with E-state index in [4.69, 9.17) is 34.7 Å². The van der Waals surface area contributed by atoms with Crippen molar-refractivity contribution in [1.82, 2.24) is 52.9 Å². The van der Waals surface area contributed by atoms with E-state index < -0.39 is 0 Å². The molecule has 0 N–H and O–H groups in total. The first-order valence-electron chi connectivity index (χ1n) is 21.7. The van der Waals surface area contributed by atoms with Crippen LogP contribution in [0.1, 0.15) is 0 Å². The summed E-state index contributed by atoms with van der Waals surface area (Å²) in [6, 6.07) is 64.7. The van der Waals surface area contributed by atoms with Crippen molar-refractivity contribution < 1.29 is 4.42 Å². The Balaban J connectivity index is 1.04. The molecule has 15 aromatic rings. The zero-order valence-corrected chi connectivity index (χ0v) is 34.7. The fraction of sp³-hybridized carbons (Fsp3) is 0. The molecule has 7 aromatic heterocycles. The molecule has 8 aromatic carbocycles. The van der Waals surface area contributed by atoms with Gasteiger partial charge in [0.25, 0.3) is 29.2 Å². The summed E-state index contributed by atoms with van der Waals surface area (Å²) in [6.45, 7) is 0. The van der Waals surface area contributed by atoms with Gasteiger partial charge in [0.05, 0.1) is 27.6 Å². The first-order valence-corrected chi connectivity index (χ1v) is 21.7. The number of fused-ring (bicyclic) bond motifs is 15. The number of benzene rings is 8. The topological polar surface area (TPSA) is 114 Å². The summed E-state index contributed by atoms with van der Waals surface area (Å²) in [7, 11) is 0. The molecule has 0 unspecified atom stereocenters. The Morgan fingerprint density at radius 1 is 0.333 bits per heavy atom. The Labute approximate surface area is 372 Å². The highest BCUT2D eigenvalue weighted by Gasteiger charge is 2.27. The molecule has 0 saturated carbocycles. The number of aromatic nitrogens is 11. The maximum atomic E-state index is 6.50. The average molecular weight is 850 g/mol. The molecule has 308 valence electrons. The van der Waals surface area contributed by atoms with Crippen LogP contribution in [0.4, 0.5) is 0 Å². The minimum Gasteiger partial charge on any atom is -0.455 e. The quantitative estimate of drug-likeness (QED) is 0.169. The molecule has 0 bridgehead atoms. The van der Waals surface area contributed by atoms with Crippen LogP contribution in [0.25, 0.3) is 128 Å². The molecule has 12 heteroatoms. The highest BCUT2D eigenvalue weighted by molar-refractivity contribution is 6.17. The van der Waals surface area contributed by atoms with Crippen LogP contribution in [0.15, 0.2) is 192 Å². The van der Waals surface area contributed by atoms with Crippen LogP contribution in [0, 0.1) is 0 Å². The highest BCUT2D eigenvalue weighted by Crippen LogP contribution is 2.40. The van der Waals surface area contributed by atoms with Gasteiger partial charge in [-0.05, 0) is 58.7 Å². The van der Waals surface area contributed by atoms with E-state index in [0.717, 1.165) is 87.8 Å². The Hall–Kier alpha value is -9.42. The van der Waals surface area contributed by atoms with Crippen molar-refractivity contribution in [3.63, 3.8) is 0 Å². The number of furan rings is 1. The zero-order valence-electron chi connectivity index (χ0n) is 34.7. The lowest BCUT2D eigenvalue weighted by atomic mass is 10.00. The van der Waals surface area contributed by atoms with Crippen LogP contribution in [-0.2, 0) is 0 Å². The molecule has 0 aliphatic rings. The predicted octanol–water partition coefficient (Wildman–Crippen LogP) is 11.9. The number of rotatable bonds is 5. The van der Waals surface area contributed by atoms with Crippen LogP contribution in [0.2, 0.25) is 0 Å². The molecule has 0 fully saturated rings. The van der Waals surface area contributed by atoms with Crippen molar-refractivity contribution in [2.24, 2.45) is 0 Å². The first-order chi connectivity index (χ1) is 32.7. The van der Waals surface area contributed by atoms with Crippen molar-refractivity contribution in [2.75, 3.05) is 0 Å². The van der Waals surface area contributed by atoms with Crippen LogP contribution in [-0.4, -0.2) is 52.9 Å². The van der Waals surface area contributed by atoms with E-state index in [2.05, 4.69) is 143 Å². The normalized spacial score (nSPS) is 12.2. The maximum Gasteiger partial charge on any atom is 0.261 e. The largest absolute Gasteiger partial charge is 0.455 e. The van der Waals surface area contributed by atoms with Gasteiger partial charge >= 0.3 is 0 Å². The average Bonchev–Trinajstić information content (AvgIpc) is 4.24. The molecule has 15 rings (SSSR count). The summed E-state index contributed by atoms with van der Waals surface area (Å²) in [5.74, 6) is 2.60. The molecule has 0 aliphatic heterocycles. The van der Waals surface area contributed by atoms with Gasteiger partial charge < -0.3 is 4.42 Å². The molecule has 66 heavy (non-hydrogen) atoms. The number of para-hydroxylation sites is 4. The van der Waals surface area contributed by atoms with Gasteiger partial charge in [0, 0.05) is 32.3 Å². The van der Waals surface area contributed by atoms with E-state index >= 15 is 0 Å². The van der Waals surface area contributed by atoms with Gasteiger partial charge in [-0.2, -0.15) is 28.5 Å². The monoisotopic (exact) mass is 849 g/mol. The standard InChI is InChI=1S/C54H31N11O/c1-3-16-32(17-4-1)34-23-14-29-43-46(34)38-21-7-10-27-41(38)61(43)50-56-53-63-52(55-49(58-63)40-26-13-25-37-36-20-9-12-31-45(36)66-48(37)40)64-54(65(53)60-50)57-51(59-64)62-42-28-11-8-22-39(42)47-35(24-15-30-44(47)62)33-18-5-2-6-19-33/h1-31H. The van der Waals surface area contributed by atoms with Crippen molar-refractivity contribution in [3.05, 3.63) is 188 Å². The molecule has 0 spiro atoms. The second-order valence-electron chi connectivity index (χ2n) is 16.5. The Bertz CT molecular complexity index is 4250. The van der Waals surface area contributed by atoms with Gasteiger partial charge in [-0.15, -0.1) is 15.3 Å². The van der Waals surface area contributed by atoms with E-state index in [0.29, 0.717) is 40.6 Å². The minimum atomic E-state index is 0.414. The first kappa shape index (κ1) is 35.1. The molecule has 0 radical (unpaired) electrons. The van der Waals surface area contributed by atoms with E-state index in [9.17, 15) is 0 Å². The third-order valence-corrected chi connectivity index (χ3v) is 12.9. The van der Waals surface area contributed by atoms with Gasteiger partial charge in [0.1, 0.15) is 11.2 Å². The summed E-state index contributed by atoms with van der Waals surface area (Å²) < 4.78 is 15.9. The summed E-state index contributed by atoms with van der Waals surface area (Å²) in [4.78, 5) is 15.9. The third kappa shape index (κ3) is 4.75. The van der Waals surface area contributed by atoms with Gasteiger partial charge in [-0.3, -0.25) is 9.13 Å². The van der Waals surface area contributed by atoms with Crippen molar-refractivity contribution in [2.45, 2.75) is 0 Å².